The van der Waals surface area contributed by atoms with Gasteiger partial charge >= 0.3 is 0 Å². The Morgan fingerprint density at radius 1 is 1.18 bits per heavy atom. The summed E-state index contributed by atoms with van der Waals surface area (Å²) in [6.07, 6.45) is 3.56. The van der Waals surface area contributed by atoms with Gasteiger partial charge in [-0.2, -0.15) is 0 Å². The van der Waals surface area contributed by atoms with E-state index in [2.05, 4.69) is 35.9 Å². The van der Waals surface area contributed by atoms with Crippen LogP contribution in [0.4, 0.5) is 0 Å². The zero-order valence-electron chi connectivity index (χ0n) is 9.11. The Bertz CT molecular complexity index is 673. The highest BCUT2D eigenvalue weighted by atomic mass is 79.9. The van der Waals surface area contributed by atoms with Gasteiger partial charge in [-0.3, -0.25) is 4.98 Å². The summed E-state index contributed by atoms with van der Waals surface area (Å²) >= 11 is 3.36. The molecule has 3 aromatic rings. The highest BCUT2D eigenvalue weighted by Crippen LogP contribution is 2.19. The zero-order chi connectivity index (χ0) is 11.8. The van der Waals surface area contributed by atoms with Gasteiger partial charge in [0.05, 0.1) is 5.52 Å². The Kier molecular flexibility index (Phi) is 2.40. The van der Waals surface area contributed by atoms with Crippen molar-refractivity contribution in [1.29, 1.82) is 0 Å². The monoisotopic (exact) mass is 288 g/mol. The molecule has 0 unspecified atom stereocenters. The van der Waals surface area contributed by atoms with Gasteiger partial charge in [0.1, 0.15) is 5.69 Å². The third-order valence-electron chi connectivity index (χ3n) is 2.44. The van der Waals surface area contributed by atoms with E-state index in [0.717, 1.165) is 32.7 Å². The Balaban J connectivity index is 2.14. The Labute approximate surface area is 106 Å². The molecule has 3 rings (SSSR count). The van der Waals surface area contributed by atoms with E-state index in [0.29, 0.717) is 0 Å². The fourth-order valence-corrected chi connectivity index (χ4v) is 1.88. The number of pyridine rings is 2. The summed E-state index contributed by atoms with van der Waals surface area (Å²) in [5.74, 6) is 0.741. The minimum atomic E-state index is 0.718. The van der Waals surface area contributed by atoms with Crippen molar-refractivity contribution < 1.29 is 0 Å². The molecular formula is C12H9BrN4. The number of fused-ring (bicyclic) bond motifs is 1. The molecule has 0 saturated heterocycles. The minimum Gasteiger partial charge on any atom is -0.335 e. The number of H-pyrrole nitrogens is 1. The Hall–Kier alpha value is -1.75. The first-order valence-corrected chi connectivity index (χ1v) is 5.96. The van der Waals surface area contributed by atoms with Gasteiger partial charge in [0.2, 0.25) is 0 Å². The van der Waals surface area contributed by atoms with Gasteiger partial charge in [0.25, 0.3) is 0 Å². The van der Waals surface area contributed by atoms with Crippen LogP contribution >= 0.6 is 15.9 Å². The van der Waals surface area contributed by atoms with Crippen LogP contribution in [0.1, 0.15) is 5.56 Å². The second kappa shape index (κ2) is 3.92. The van der Waals surface area contributed by atoms with Gasteiger partial charge in [-0.1, -0.05) is 0 Å². The largest absolute Gasteiger partial charge is 0.335 e. The summed E-state index contributed by atoms with van der Waals surface area (Å²) in [6, 6.07) is 5.88. The lowest BCUT2D eigenvalue weighted by Gasteiger charge is -1.94. The second-order valence-electron chi connectivity index (χ2n) is 3.83. The topological polar surface area (TPSA) is 54.5 Å². The van der Waals surface area contributed by atoms with Crippen molar-refractivity contribution in [3.8, 4) is 11.5 Å². The molecule has 0 aliphatic carbocycles. The summed E-state index contributed by atoms with van der Waals surface area (Å²) in [7, 11) is 0. The van der Waals surface area contributed by atoms with Crippen LogP contribution in [0.5, 0.6) is 0 Å². The van der Waals surface area contributed by atoms with Crippen molar-refractivity contribution in [3.05, 3.63) is 40.6 Å². The van der Waals surface area contributed by atoms with Gasteiger partial charge in [0.15, 0.2) is 11.5 Å². The molecule has 3 heterocycles. The highest BCUT2D eigenvalue weighted by Gasteiger charge is 2.07. The molecule has 3 aromatic heterocycles. The van der Waals surface area contributed by atoms with E-state index >= 15 is 0 Å². The molecular weight excluding hydrogens is 280 g/mol. The third-order valence-corrected chi connectivity index (χ3v) is 2.91. The number of halogens is 1. The van der Waals surface area contributed by atoms with Crippen LogP contribution in [-0.4, -0.2) is 19.9 Å². The van der Waals surface area contributed by atoms with Crippen molar-refractivity contribution in [3.63, 3.8) is 0 Å². The number of imidazole rings is 1. The molecule has 0 radical (unpaired) electrons. The molecule has 5 heteroatoms. The number of nitrogens with zero attached hydrogens (tertiary/aromatic N) is 3. The smallest absolute Gasteiger partial charge is 0.178 e. The van der Waals surface area contributed by atoms with E-state index in [1.54, 1.807) is 6.20 Å². The summed E-state index contributed by atoms with van der Waals surface area (Å²) < 4.78 is 0.950. The SMILES string of the molecule is Cc1cnc2nc(-c3ccc(Br)cn3)[nH]c2c1. The standard InChI is InChI=1S/C12H9BrN4/c1-7-4-10-11(15-5-7)17-12(16-10)9-3-2-8(13)6-14-9/h2-6H,1H3,(H,15,16,17). The predicted octanol–water partition coefficient (Wildman–Crippen LogP) is 3.09. The average molecular weight is 289 g/mol. The fraction of sp³-hybridized carbons (Fsp3) is 0.0833. The van der Waals surface area contributed by atoms with Crippen LogP contribution in [-0.2, 0) is 0 Å². The summed E-state index contributed by atoms with van der Waals surface area (Å²) in [5, 5.41) is 0. The molecule has 0 amide bonds. The number of aromatic nitrogens is 4. The van der Waals surface area contributed by atoms with Crippen LogP contribution in [0, 0.1) is 6.92 Å². The summed E-state index contributed by atoms with van der Waals surface area (Å²) in [6.45, 7) is 2.00. The molecule has 1 N–H and O–H groups in total. The van der Waals surface area contributed by atoms with E-state index < -0.39 is 0 Å². The van der Waals surface area contributed by atoms with Gasteiger partial charge < -0.3 is 4.98 Å². The van der Waals surface area contributed by atoms with Crippen molar-refractivity contribution >= 4 is 27.1 Å². The van der Waals surface area contributed by atoms with E-state index in [-0.39, 0.29) is 0 Å². The maximum atomic E-state index is 4.41. The van der Waals surface area contributed by atoms with Crippen molar-refractivity contribution in [1.82, 2.24) is 19.9 Å². The number of nitrogens with one attached hydrogen (secondary N) is 1. The van der Waals surface area contributed by atoms with E-state index in [1.165, 1.54) is 0 Å². The van der Waals surface area contributed by atoms with Gasteiger partial charge in [-0.25, -0.2) is 9.97 Å². The lowest BCUT2D eigenvalue weighted by atomic mass is 10.3. The van der Waals surface area contributed by atoms with E-state index in [4.69, 9.17) is 0 Å². The summed E-state index contributed by atoms with van der Waals surface area (Å²) in [4.78, 5) is 16.2. The first-order chi connectivity index (χ1) is 8.22. The van der Waals surface area contributed by atoms with Crippen LogP contribution in [0.3, 0.4) is 0 Å². The first-order valence-electron chi connectivity index (χ1n) is 5.17. The second-order valence-corrected chi connectivity index (χ2v) is 4.75. The van der Waals surface area contributed by atoms with E-state index in [9.17, 15) is 0 Å². The molecule has 17 heavy (non-hydrogen) atoms. The van der Waals surface area contributed by atoms with Gasteiger partial charge in [-0.15, -0.1) is 0 Å². The number of rotatable bonds is 1. The van der Waals surface area contributed by atoms with Crippen LogP contribution in [0.25, 0.3) is 22.7 Å². The summed E-state index contributed by atoms with van der Waals surface area (Å²) in [5.41, 5.74) is 3.57. The minimum absolute atomic E-state index is 0.718. The molecule has 0 aliphatic rings. The number of aromatic amines is 1. The third kappa shape index (κ3) is 1.93. The van der Waals surface area contributed by atoms with Crippen LogP contribution in [0.2, 0.25) is 0 Å². The molecule has 0 atom stereocenters. The zero-order valence-corrected chi connectivity index (χ0v) is 10.7. The van der Waals surface area contributed by atoms with Gasteiger partial charge in [-0.05, 0) is 46.6 Å². The lowest BCUT2D eigenvalue weighted by molar-refractivity contribution is 1.22. The predicted molar refractivity (Wildman–Crippen MR) is 69.6 cm³/mol. The molecule has 0 fully saturated rings. The number of hydrogen-bond donors (Lipinski definition) is 1. The maximum Gasteiger partial charge on any atom is 0.178 e. The molecule has 84 valence electrons. The molecule has 0 aliphatic heterocycles. The maximum absolute atomic E-state index is 4.41. The Morgan fingerprint density at radius 2 is 2.06 bits per heavy atom. The average Bonchev–Trinajstić information content (AvgIpc) is 2.72. The van der Waals surface area contributed by atoms with Crippen LogP contribution in [0.15, 0.2) is 35.1 Å². The van der Waals surface area contributed by atoms with Gasteiger partial charge in [0, 0.05) is 16.9 Å². The van der Waals surface area contributed by atoms with Crippen LogP contribution < -0.4 is 0 Å². The normalized spacial score (nSPS) is 10.9. The first kappa shape index (κ1) is 10.4. The highest BCUT2D eigenvalue weighted by molar-refractivity contribution is 9.10. The van der Waals surface area contributed by atoms with Crippen molar-refractivity contribution in [2.45, 2.75) is 6.92 Å². The lowest BCUT2D eigenvalue weighted by Crippen LogP contribution is -1.84. The van der Waals surface area contributed by atoms with Crippen molar-refractivity contribution in [2.24, 2.45) is 0 Å². The fourth-order valence-electron chi connectivity index (χ4n) is 1.64. The number of aryl methyl sites for hydroxylation is 1. The quantitative estimate of drug-likeness (QED) is 0.749. The van der Waals surface area contributed by atoms with E-state index in [1.807, 2.05) is 31.3 Å². The molecule has 0 aromatic carbocycles. The van der Waals surface area contributed by atoms with Crippen molar-refractivity contribution in [2.75, 3.05) is 0 Å². The number of hydrogen-bond acceptors (Lipinski definition) is 3. The Morgan fingerprint density at radius 3 is 2.82 bits per heavy atom. The molecule has 0 spiro atoms. The molecule has 0 saturated carbocycles. The molecule has 4 nitrogen and oxygen atoms in total. The molecule has 0 bridgehead atoms.